The molecule has 2 N–H and O–H groups in total. The van der Waals surface area contributed by atoms with Crippen LogP contribution in [0.4, 0.5) is 5.69 Å². The van der Waals surface area contributed by atoms with E-state index in [9.17, 15) is 4.79 Å². The van der Waals surface area contributed by atoms with Crippen molar-refractivity contribution in [3.8, 4) is 11.3 Å². The summed E-state index contributed by atoms with van der Waals surface area (Å²) in [7, 11) is 0. The number of benzene rings is 1. The molecule has 1 aliphatic rings. The van der Waals surface area contributed by atoms with Gasteiger partial charge < -0.3 is 10.5 Å². The van der Waals surface area contributed by atoms with E-state index in [1.807, 2.05) is 34.7 Å². The number of aromatic nitrogens is 1. The van der Waals surface area contributed by atoms with Gasteiger partial charge in [0.25, 0.3) is 0 Å². The van der Waals surface area contributed by atoms with Gasteiger partial charge in [0.15, 0.2) is 0 Å². The number of hydrogen-bond donors (Lipinski definition) is 1. The van der Waals surface area contributed by atoms with Crippen LogP contribution in [0.15, 0.2) is 34.7 Å². The van der Waals surface area contributed by atoms with Gasteiger partial charge in [0.05, 0.1) is 25.4 Å². The molecule has 0 aliphatic carbocycles. The maximum absolute atomic E-state index is 11.7. The molecular formula is C16H18N4O2S. The summed E-state index contributed by atoms with van der Waals surface area (Å²) in [6.07, 6.45) is 1.64. The van der Waals surface area contributed by atoms with E-state index in [4.69, 9.17) is 10.5 Å². The van der Waals surface area contributed by atoms with Crippen LogP contribution in [0.5, 0.6) is 0 Å². The first-order valence-corrected chi connectivity index (χ1v) is 8.29. The van der Waals surface area contributed by atoms with Crippen molar-refractivity contribution in [3.63, 3.8) is 0 Å². The Balaban J connectivity index is 1.62. The van der Waals surface area contributed by atoms with Gasteiger partial charge >= 0.3 is 5.97 Å². The summed E-state index contributed by atoms with van der Waals surface area (Å²) in [6.45, 7) is 3.31. The summed E-state index contributed by atoms with van der Waals surface area (Å²) in [6, 6.07) is 7.66. The number of rotatable bonds is 5. The first kappa shape index (κ1) is 15.5. The molecule has 0 bridgehead atoms. The second-order valence-electron chi connectivity index (χ2n) is 5.22. The van der Waals surface area contributed by atoms with E-state index in [-0.39, 0.29) is 11.9 Å². The molecule has 0 fully saturated rings. The molecule has 120 valence electrons. The quantitative estimate of drug-likeness (QED) is 0.672. The van der Waals surface area contributed by atoms with Gasteiger partial charge in [-0.3, -0.25) is 9.80 Å². The van der Waals surface area contributed by atoms with Crippen molar-refractivity contribution in [1.29, 1.82) is 0 Å². The molecule has 0 radical (unpaired) electrons. The Morgan fingerprint density at radius 2 is 2.39 bits per heavy atom. The molecule has 1 aromatic heterocycles. The number of thiazole rings is 1. The normalized spacial score (nSPS) is 16.7. The Morgan fingerprint density at radius 3 is 3.17 bits per heavy atom. The number of carbonyl (C=O) groups is 1. The molecule has 0 spiro atoms. The van der Waals surface area contributed by atoms with Gasteiger partial charge in [-0.25, -0.2) is 4.98 Å². The number of nitrogens with two attached hydrogens (primary N) is 1. The monoisotopic (exact) mass is 330 g/mol. The molecule has 1 aromatic carbocycles. The number of hydrogen-bond acceptors (Lipinski definition) is 7. The third kappa shape index (κ3) is 3.68. The Kier molecular flexibility index (Phi) is 4.57. The van der Waals surface area contributed by atoms with Crippen molar-refractivity contribution in [1.82, 2.24) is 9.99 Å². The highest BCUT2D eigenvalue weighted by Crippen LogP contribution is 2.25. The van der Waals surface area contributed by atoms with Crippen molar-refractivity contribution in [2.75, 3.05) is 18.9 Å². The number of hydrazone groups is 1. The van der Waals surface area contributed by atoms with E-state index in [2.05, 4.69) is 10.1 Å². The van der Waals surface area contributed by atoms with Crippen molar-refractivity contribution in [3.05, 3.63) is 34.7 Å². The lowest BCUT2D eigenvalue weighted by Crippen LogP contribution is -2.25. The van der Waals surface area contributed by atoms with Crippen LogP contribution >= 0.6 is 11.3 Å². The highest BCUT2D eigenvalue weighted by molar-refractivity contribution is 7.09. The van der Waals surface area contributed by atoms with Crippen LogP contribution in [0.3, 0.4) is 0 Å². The molecule has 7 heteroatoms. The lowest BCUT2D eigenvalue weighted by atomic mass is 10.1. The molecule has 6 nitrogen and oxygen atoms in total. The molecular weight excluding hydrogens is 312 g/mol. The maximum atomic E-state index is 11.7. The van der Waals surface area contributed by atoms with Crippen molar-refractivity contribution < 1.29 is 9.53 Å². The van der Waals surface area contributed by atoms with E-state index < -0.39 is 0 Å². The number of ether oxygens (including phenoxy) is 1. The third-order valence-electron chi connectivity index (χ3n) is 3.46. The minimum absolute atomic E-state index is 0.224. The molecule has 1 unspecified atom stereocenters. The molecule has 1 atom stereocenters. The highest BCUT2D eigenvalue weighted by atomic mass is 32.1. The Bertz CT molecular complexity index is 728. The second-order valence-corrected chi connectivity index (χ2v) is 6.16. The Labute approximate surface area is 138 Å². The van der Waals surface area contributed by atoms with E-state index >= 15 is 0 Å². The minimum atomic E-state index is -0.289. The molecule has 2 aromatic rings. The summed E-state index contributed by atoms with van der Waals surface area (Å²) < 4.78 is 5.02. The summed E-state index contributed by atoms with van der Waals surface area (Å²) in [4.78, 5) is 16.3. The van der Waals surface area contributed by atoms with Crippen LogP contribution in [0, 0.1) is 5.92 Å². The van der Waals surface area contributed by atoms with Crippen molar-refractivity contribution in [2.24, 2.45) is 11.0 Å². The fourth-order valence-corrected chi connectivity index (χ4v) is 3.17. The van der Waals surface area contributed by atoms with Crippen LogP contribution in [0.1, 0.15) is 11.9 Å². The number of nitrogen functional groups attached to an aromatic ring is 1. The second kappa shape index (κ2) is 6.78. The lowest BCUT2D eigenvalue weighted by molar-refractivity contribution is -0.145. The smallest absolute Gasteiger partial charge is 0.316 e. The third-order valence-corrected chi connectivity index (χ3v) is 4.29. The summed E-state index contributed by atoms with van der Waals surface area (Å²) >= 11 is 1.57. The SMILES string of the molecule is CCOC(=O)C1C=NN(Cc2nc(-c3cccc(N)c3)cs2)C1. The fourth-order valence-electron chi connectivity index (χ4n) is 2.36. The molecule has 23 heavy (non-hydrogen) atoms. The summed E-state index contributed by atoms with van der Waals surface area (Å²) in [5.74, 6) is -0.512. The standard InChI is InChI=1S/C16H18N4O2S/c1-2-22-16(21)12-7-18-20(8-12)9-15-19-14(10-23-15)11-4-3-5-13(17)6-11/h3-7,10,12H,2,8-9,17H2,1H3. The van der Waals surface area contributed by atoms with Crippen LogP contribution < -0.4 is 5.73 Å². The van der Waals surface area contributed by atoms with Gasteiger partial charge in [0.2, 0.25) is 0 Å². The molecule has 0 saturated heterocycles. The van der Waals surface area contributed by atoms with Gasteiger partial charge in [-0.2, -0.15) is 5.10 Å². The van der Waals surface area contributed by atoms with Crippen LogP contribution in [-0.2, 0) is 16.1 Å². The molecule has 1 aliphatic heterocycles. The number of nitrogens with zero attached hydrogens (tertiary/aromatic N) is 3. The van der Waals surface area contributed by atoms with Gasteiger partial charge in [-0.05, 0) is 19.1 Å². The van der Waals surface area contributed by atoms with Gasteiger partial charge in [0, 0.05) is 22.8 Å². The summed E-state index contributed by atoms with van der Waals surface area (Å²) in [5.41, 5.74) is 8.44. The number of esters is 1. The van der Waals surface area contributed by atoms with Gasteiger partial charge in [-0.1, -0.05) is 12.1 Å². The van der Waals surface area contributed by atoms with Crippen molar-refractivity contribution in [2.45, 2.75) is 13.5 Å². The van der Waals surface area contributed by atoms with E-state index in [0.717, 1.165) is 22.0 Å². The Hall–Kier alpha value is -2.41. The zero-order valence-electron chi connectivity index (χ0n) is 12.8. The average molecular weight is 330 g/mol. The molecule has 3 rings (SSSR count). The zero-order chi connectivity index (χ0) is 16.2. The molecule has 2 heterocycles. The zero-order valence-corrected chi connectivity index (χ0v) is 13.6. The minimum Gasteiger partial charge on any atom is -0.465 e. The average Bonchev–Trinajstić information content (AvgIpc) is 3.17. The predicted molar refractivity (Wildman–Crippen MR) is 91.0 cm³/mol. The largest absolute Gasteiger partial charge is 0.465 e. The lowest BCUT2D eigenvalue weighted by Gasteiger charge is -2.13. The van der Waals surface area contributed by atoms with Gasteiger partial charge in [0.1, 0.15) is 10.9 Å². The van der Waals surface area contributed by atoms with E-state index in [1.54, 1.807) is 24.5 Å². The number of carbonyl (C=O) groups excluding carboxylic acids is 1. The number of anilines is 1. The van der Waals surface area contributed by atoms with Crippen LogP contribution in [0.25, 0.3) is 11.3 Å². The van der Waals surface area contributed by atoms with E-state index in [0.29, 0.717) is 19.7 Å². The molecule has 0 amide bonds. The topological polar surface area (TPSA) is 80.8 Å². The van der Waals surface area contributed by atoms with Gasteiger partial charge in [-0.15, -0.1) is 11.3 Å². The summed E-state index contributed by atoms with van der Waals surface area (Å²) in [5, 5.41) is 9.06. The highest BCUT2D eigenvalue weighted by Gasteiger charge is 2.26. The molecule has 0 saturated carbocycles. The first-order chi connectivity index (χ1) is 11.2. The van der Waals surface area contributed by atoms with Crippen LogP contribution in [-0.4, -0.2) is 35.3 Å². The maximum Gasteiger partial charge on any atom is 0.316 e. The van der Waals surface area contributed by atoms with E-state index in [1.165, 1.54) is 0 Å². The Morgan fingerprint density at radius 1 is 1.52 bits per heavy atom. The fraction of sp³-hybridized carbons (Fsp3) is 0.312. The first-order valence-electron chi connectivity index (χ1n) is 7.41. The van der Waals surface area contributed by atoms with Crippen LogP contribution in [0.2, 0.25) is 0 Å². The predicted octanol–water partition coefficient (Wildman–Crippen LogP) is 2.37. The van der Waals surface area contributed by atoms with Crippen molar-refractivity contribution >= 4 is 29.2 Å².